The van der Waals surface area contributed by atoms with Crippen LogP contribution in [0.1, 0.15) is 30.5 Å². The molecule has 2 heterocycles. The Morgan fingerprint density at radius 1 is 0.917 bits per heavy atom. The summed E-state index contributed by atoms with van der Waals surface area (Å²) in [5.41, 5.74) is 5.72. The molecular weight excluding hydrogens is 484 g/mol. The lowest BCUT2D eigenvalue weighted by molar-refractivity contribution is -0.138. The minimum atomic E-state index is -4.61. The number of nitrogens with zero attached hydrogens (tertiary/aromatic N) is 3. The predicted molar refractivity (Wildman–Crippen MR) is 125 cm³/mol. The van der Waals surface area contributed by atoms with Gasteiger partial charge in [0.25, 0.3) is 0 Å². The molecule has 0 atom stereocenters. The number of benzene rings is 2. The van der Waals surface area contributed by atoms with Gasteiger partial charge in [-0.2, -0.15) is 31.3 Å². The van der Waals surface area contributed by atoms with Crippen molar-refractivity contribution in [2.24, 2.45) is 5.92 Å². The third-order valence-corrected chi connectivity index (χ3v) is 5.39. The average molecular weight is 505 g/mol. The highest BCUT2D eigenvalue weighted by molar-refractivity contribution is 5.95. The Morgan fingerprint density at radius 2 is 1.61 bits per heavy atom. The van der Waals surface area contributed by atoms with Gasteiger partial charge in [-0.15, -0.1) is 0 Å². The van der Waals surface area contributed by atoms with Crippen LogP contribution in [0.25, 0.3) is 22.2 Å². The minimum Gasteiger partial charge on any atom is -0.383 e. The molecule has 188 valence electrons. The van der Waals surface area contributed by atoms with Gasteiger partial charge >= 0.3 is 12.4 Å². The summed E-state index contributed by atoms with van der Waals surface area (Å²) in [6.07, 6.45) is -7.32. The van der Waals surface area contributed by atoms with Gasteiger partial charge in [0.1, 0.15) is 5.82 Å². The van der Waals surface area contributed by atoms with Crippen molar-refractivity contribution in [3.63, 3.8) is 0 Å². The number of alkyl halides is 6. The highest BCUT2D eigenvalue weighted by Gasteiger charge is 2.34. The monoisotopic (exact) mass is 505 g/mol. The maximum absolute atomic E-state index is 13.7. The molecule has 4 aromatic rings. The molecule has 0 saturated heterocycles. The molecule has 36 heavy (non-hydrogen) atoms. The molecule has 5 nitrogen and oxygen atoms in total. The van der Waals surface area contributed by atoms with Crippen molar-refractivity contribution in [2.45, 2.75) is 32.6 Å². The zero-order chi connectivity index (χ0) is 26.3. The molecule has 3 N–H and O–H groups in total. The summed E-state index contributed by atoms with van der Waals surface area (Å²) < 4.78 is 79.5. The fraction of sp³-hybridized carbons (Fsp3) is 0.240. The zero-order valence-electron chi connectivity index (χ0n) is 19.2. The van der Waals surface area contributed by atoms with Crippen LogP contribution >= 0.6 is 0 Å². The number of nitrogens with one attached hydrogen (secondary N) is 1. The average Bonchev–Trinajstić information content (AvgIpc) is 2.77. The van der Waals surface area contributed by atoms with E-state index in [1.165, 1.54) is 30.5 Å². The molecule has 0 unspecified atom stereocenters. The topological polar surface area (TPSA) is 76.7 Å². The summed E-state index contributed by atoms with van der Waals surface area (Å²) in [6, 6.07) is 9.49. The van der Waals surface area contributed by atoms with Gasteiger partial charge in [0.05, 0.1) is 22.3 Å². The van der Waals surface area contributed by atoms with Crippen molar-refractivity contribution < 1.29 is 26.3 Å². The molecule has 0 aliphatic rings. The van der Waals surface area contributed by atoms with Gasteiger partial charge in [-0.25, -0.2) is 4.98 Å². The van der Waals surface area contributed by atoms with E-state index in [0.29, 0.717) is 17.4 Å². The normalized spacial score (nSPS) is 12.4. The van der Waals surface area contributed by atoms with Gasteiger partial charge in [-0.3, -0.25) is 4.98 Å². The van der Waals surface area contributed by atoms with Crippen molar-refractivity contribution in [3.05, 3.63) is 71.4 Å². The Kier molecular flexibility index (Phi) is 6.50. The van der Waals surface area contributed by atoms with Crippen LogP contribution in [-0.4, -0.2) is 15.0 Å². The summed E-state index contributed by atoms with van der Waals surface area (Å²) in [4.78, 5) is 12.6. The van der Waals surface area contributed by atoms with Crippen molar-refractivity contribution in [3.8, 4) is 11.3 Å². The minimum absolute atomic E-state index is 0.00975. The summed E-state index contributed by atoms with van der Waals surface area (Å²) in [6.45, 7) is 3.91. The molecule has 0 saturated carbocycles. The number of fused-ring (bicyclic) bond motifs is 1. The van der Waals surface area contributed by atoms with E-state index < -0.39 is 23.5 Å². The number of halogens is 6. The van der Waals surface area contributed by atoms with E-state index in [1.807, 2.05) is 13.8 Å². The molecule has 0 radical (unpaired) electrons. The standard InChI is InChI=1S/C25H21F6N5/c1-13(2)10-14-11-15(21-18(25(29,30)31)4-3-9-33-21)12-19-20(14)22(32)36-23(35-19)34-17-7-5-16(6-8-17)24(26,27)28/h3-9,11-13H,10H2,1-2H3,(H3,32,34,35,36). The lowest BCUT2D eigenvalue weighted by Gasteiger charge is -2.16. The van der Waals surface area contributed by atoms with E-state index in [2.05, 4.69) is 20.3 Å². The highest BCUT2D eigenvalue weighted by Crippen LogP contribution is 2.38. The second-order valence-corrected chi connectivity index (χ2v) is 8.66. The SMILES string of the molecule is CC(C)Cc1cc(-c2ncccc2C(F)(F)F)cc2nc(Nc3ccc(C(F)(F)F)cc3)nc(N)c12. The number of aromatic nitrogens is 3. The van der Waals surface area contributed by atoms with Crippen molar-refractivity contribution in [1.29, 1.82) is 0 Å². The number of hydrogen-bond donors (Lipinski definition) is 2. The first-order valence-corrected chi connectivity index (χ1v) is 10.9. The Morgan fingerprint density at radius 3 is 2.22 bits per heavy atom. The predicted octanol–water partition coefficient (Wildman–Crippen LogP) is 7.25. The van der Waals surface area contributed by atoms with Crippen LogP contribution in [-0.2, 0) is 18.8 Å². The molecule has 0 spiro atoms. The maximum atomic E-state index is 13.7. The van der Waals surface area contributed by atoms with Gasteiger partial charge in [-0.1, -0.05) is 13.8 Å². The molecule has 0 fully saturated rings. The second-order valence-electron chi connectivity index (χ2n) is 8.66. The summed E-state index contributed by atoms with van der Waals surface area (Å²) >= 11 is 0. The van der Waals surface area contributed by atoms with Crippen LogP contribution in [0, 0.1) is 5.92 Å². The zero-order valence-corrected chi connectivity index (χ0v) is 19.2. The first-order valence-electron chi connectivity index (χ1n) is 10.9. The molecule has 0 aliphatic carbocycles. The van der Waals surface area contributed by atoms with Crippen LogP contribution in [0.15, 0.2) is 54.7 Å². The van der Waals surface area contributed by atoms with Gasteiger partial charge in [0.2, 0.25) is 5.95 Å². The Labute approximate surface area is 202 Å². The van der Waals surface area contributed by atoms with Crippen molar-refractivity contribution in [1.82, 2.24) is 15.0 Å². The Hall–Kier alpha value is -3.89. The number of anilines is 3. The first kappa shape index (κ1) is 25.2. The third kappa shape index (κ3) is 5.34. The number of rotatable bonds is 5. The van der Waals surface area contributed by atoms with Crippen LogP contribution in [0.3, 0.4) is 0 Å². The first-order chi connectivity index (χ1) is 16.8. The number of hydrogen-bond acceptors (Lipinski definition) is 5. The highest BCUT2D eigenvalue weighted by atomic mass is 19.4. The van der Waals surface area contributed by atoms with Crippen LogP contribution in [0.2, 0.25) is 0 Å². The van der Waals surface area contributed by atoms with Gasteiger partial charge in [0, 0.05) is 22.8 Å². The Balaban J connectivity index is 1.84. The number of nitrogens with two attached hydrogens (primary N) is 1. The maximum Gasteiger partial charge on any atom is 0.418 e. The third-order valence-electron chi connectivity index (χ3n) is 5.39. The quantitative estimate of drug-likeness (QED) is 0.279. The van der Waals surface area contributed by atoms with Crippen LogP contribution in [0.5, 0.6) is 0 Å². The van der Waals surface area contributed by atoms with Crippen molar-refractivity contribution >= 4 is 28.4 Å². The van der Waals surface area contributed by atoms with Crippen LogP contribution in [0.4, 0.5) is 43.8 Å². The fourth-order valence-corrected chi connectivity index (χ4v) is 3.91. The molecule has 0 bridgehead atoms. The van der Waals surface area contributed by atoms with E-state index in [0.717, 1.165) is 18.2 Å². The summed E-state index contributed by atoms with van der Waals surface area (Å²) in [5, 5.41) is 3.30. The molecule has 11 heteroatoms. The lowest BCUT2D eigenvalue weighted by Crippen LogP contribution is -2.09. The van der Waals surface area contributed by atoms with Crippen molar-refractivity contribution in [2.75, 3.05) is 11.1 Å². The molecule has 2 aromatic heterocycles. The van der Waals surface area contributed by atoms with E-state index in [4.69, 9.17) is 5.73 Å². The fourth-order valence-electron chi connectivity index (χ4n) is 3.91. The van der Waals surface area contributed by atoms with E-state index >= 15 is 0 Å². The second kappa shape index (κ2) is 9.29. The van der Waals surface area contributed by atoms with Gasteiger partial charge in [-0.05, 0) is 66.4 Å². The number of pyridine rings is 1. The van der Waals surface area contributed by atoms with E-state index in [1.54, 1.807) is 6.07 Å². The molecule has 0 amide bonds. The van der Waals surface area contributed by atoms with Gasteiger partial charge < -0.3 is 11.1 Å². The largest absolute Gasteiger partial charge is 0.418 e. The number of nitrogen functional groups attached to an aromatic ring is 1. The lowest BCUT2D eigenvalue weighted by atomic mass is 9.94. The molecule has 0 aliphatic heterocycles. The molecule has 4 rings (SSSR count). The summed E-state index contributed by atoms with van der Waals surface area (Å²) in [5.74, 6) is 0.233. The summed E-state index contributed by atoms with van der Waals surface area (Å²) in [7, 11) is 0. The van der Waals surface area contributed by atoms with E-state index in [9.17, 15) is 26.3 Å². The molecular formula is C25H21F6N5. The smallest absolute Gasteiger partial charge is 0.383 e. The van der Waals surface area contributed by atoms with Gasteiger partial charge in [0.15, 0.2) is 0 Å². The van der Waals surface area contributed by atoms with Crippen LogP contribution < -0.4 is 11.1 Å². The Bertz CT molecular complexity index is 1400. The molecule has 2 aromatic carbocycles. The van der Waals surface area contributed by atoms with E-state index in [-0.39, 0.29) is 40.1 Å².